The summed E-state index contributed by atoms with van der Waals surface area (Å²) in [7, 11) is 1.52. The summed E-state index contributed by atoms with van der Waals surface area (Å²) >= 11 is 0. The number of anilines is 1. The van der Waals surface area contributed by atoms with Gasteiger partial charge >= 0.3 is 0 Å². The Morgan fingerprint density at radius 1 is 1.20 bits per heavy atom. The number of nitrogens with zero attached hydrogens (tertiary/aromatic N) is 6. The molecule has 0 atom stereocenters. The van der Waals surface area contributed by atoms with Crippen LogP contribution in [-0.4, -0.2) is 36.7 Å². The fourth-order valence-electron chi connectivity index (χ4n) is 2.64. The van der Waals surface area contributed by atoms with Crippen LogP contribution in [0.4, 0.5) is 10.2 Å². The van der Waals surface area contributed by atoms with Crippen LogP contribution in [0.2, 0.25) is 0 Å². The Labute approximate surface area is 141 Å². The molecule has 0 aliphatic heterocycles. The topological polar surface area (TPSA) is 82.2 Å². The quantitative estimate of drug-likeness (QED) is 0.599. The van der Waals surface area contributed by atoms with Gasteiger partial charge in [-0.3, -0.25) is 4.40 Å². The molecule has 3 heterocycles. The van der Waals surface area contributed by atoms with Crippen LogP contribution in [0.25, 0.3) is 11.3 Å². The minimum atomic E-state index is -0.328. The summed E-state index contributed by atoms with van der Waals surface area (Å²) in [4.78, 5) is 0. The molecule has 4 rings (SSSR count). The summed E-state index contributed by atoms with van der Waals surface area (Å²) < 4.78 is 22.7. The zero-order chi connectivity index (χ0) is 17.2. The van der Waals surface area contributed by atoms with Crippen LogP contribution < -0.4 is 10.1 Å². The van der Waals surface area contributed by atoms with Crippen molar-refractivity contribution in [1.29, 1.82) is 0 Å². The number of pyridine rings is 1. The van der Waals surface area contributed by atoms with Crippen molar-refractivity contribution in [1.82, 2.24) is 29.6 Å². The maximum Gasteiger partial charge on any atom is 0.188 e. The molecule has 0 amide bonds. The van der Waals surface area contributed by atoms with Gasteiger partial charge in [-0.1, -0.05) is 11.3 Å². The highest BCUT2D eigenvalue weighted by atomic mass is 19.1. The summed E-state index contributed by atoms with van der Waals surface area (Å²) in [6.45, 7) is 0.256. The first-order chi connectivity index (χ1) is 12.3. The van der Waals surface area contributed by atoms with E-state index in [9.17, 15) is 4.39 Å². The molecule has 0 bridgehead atoms. The normalized spacial score (nSPS) is 11.0. The third kappa shape index (κ3) is 2.65. The van der Waals surface area contributed by atoms with Gasteiger partial charge in [0.2, 0.25) is 0 Å². The molecule has 0 spiro atoms. The number of methoxy groups -OCH3 is 1. The molecule has 0 saturated heterocycles. The van der Waals surface area contributed by atoms with Crippen molar-refractivity contribution in [3.8, 4) is 11.4 Å². The number of hydrogen-bond acceptors (Lipinski definition) is 6. The second-order valence-corrected chi connectivity index (χ2v) is 5.25. The van der Waals surface area contributed by atoms with Crippen LogP contribution in [0.1, 0.15) is 5.56 Å². The maximum absolute atomic E-state index is 14.1. The minimum absolute atomic E-state index is 0.256. The minimum Gasteiger partial charge on any atom is -0.496 e. The van der Waals surface area contributed by atoms with Crippen LogP contribution in [0.3, 0.4) is 0 Å². The van der Waals surface area contributed by atoms with Crippen molar-refractivity contribution in [2.75, 3.05) is 12.4 Å². The fraction of sp³-hybridized carbons (Fsp3) is 0.125. The summed E-state index contributed by atoms with van der Waals surface area (Å²) in [5.41, 5.74) is 1.80. The molecule has 4 aromatic rings. The number of halogens is 1. The lowest BCUT2D eigenvalue weighted by Gasteiger charge is -2.13. The van der Waals surface area contributed by atoms with Crippen molar-refractivity contribution in [3.63, 3.8) is 0 Å². The van der Waals surface area contributed by atoms with Gasteiger partial charge in [0, 0.05) is 12.1 Å². The van der Waals surface area contributed by atoms with E-state index in [0.717, 1.165) is 5.69 Å². The van der Waals surface area contributed by atoms with Crippen LogP contribution in [0, 0.1) is 5.82 Å². The van der Waals surface area contributed by atoms with Crippen molar-refractivity contribution >= 4 is 11.5 Å². The van der Waals surface area contributed by atoms with E-state index in [1.807, 2.05) is 12.1 Å². The van der Waals surface area contributed by atoms with E-state index in [4.69, 9.17) is 4.74 Å². The van der Waals surface area contributed by atoms with Gasteiger partial charge in [-0.25, -0.2) is 9.07 Å². The highest BCUT2D eigenvalue weighted by Crippen LogP contribution is 2.23. The number of fused-ring (bicyclic) bond motifs is 1. The highest BCUT2D eigenvalue weighted by Gasteiger charge is 2.12. The van der Waals surface area contributed by atoms with Crippen LogP contribution in [0.15, 0.2) is 49.1 Å². The van der Waals surface area contributed by atoms with Crippen LogP contribution in [0.5, 0.6) is 5.75 Å². The highest BCUT2D eigenvalue weighted by molar-refractivity contribution is 5.63. The molecule has 0 fully saturated rings. The van der Waals surface area contributed by atoms with Gasteiger partial charge in [-0.2, -0.15) is 0 Å². The predicted molar refractivity (Wildman–Crippen MR) is 88.2 cm³/mol. The van der Waals surface area contributed by atoms with E-state index in [1.165, 1.54) is 13.2 Å². The van der Waals surface area contributed by atoms with Gasteiger partial charge in [0.1, 0.15) is 29.4 Å². The maximum atomic E-state index is 14.1. The number of ether oxygens (including phenoxy) is 1. The monoisotopic (exact) mass is 339 g/mol. The molecule has 1 N–H and O–H groups in total. The first-order valence-corrected chi connectivity index (χ1v) is 7.52. The van der Waals surface area contributed by atoms with E-state index in [2.05, 4.69) is 25.8 Å². The van der Waals surface area contributed by atoms with Crippen molar-refractivity contribution < 1.29 is 9.13 Å². The molecule has 3 aromatic heterocycles. The lowest BCUT2D eigenvalue weighted by atomic mass is 10.2. The Balaban J connectivity index is 1.68. The first kappa shape index (κ1) is 15.1. The molecule has 126 valence electrons. The van der Waals surface area contributed by atoms with E-state index in [-0.39, 0.29) is 12.4 Å². The first-order valence-electron chi connectivity index (χ1n) is 7.52. The van der Waals surface area contributed by atoms with Crippen LogP contribution in [-0.2, 0) is 6.54 Å². The smallest absolute Gasteiger partial charge is 0.188 e. The van der Waals surface area contributed by atoms with E-state index in [1.54, 1.807) is 39.9 Å². The zero-order valence-corrected chi connectivity index (χ0v) is 13.3. The molecule has 0 aliphatic carbocycles. The number of aromatic nitrogens is 6. The Hall–Kier alpha value is -3.49. The Bertz CT molecular complexity index is 1010. The van der Waals surface area contributed by atoms with Crippen molar-refractivity contribution in [3.05, 3.63) is 60.4 Å². The SMILES string of the molecule is COc1cccc(F)c1CNc1ccc(-n2ccnn2)c2nncn12. The molecular weight excluding hydrogens is 325 g/mol. The molecule has 25 heavy (non-hydrogen) atoms. The molecule has 1 aromatic carbocycles. The van der Waals surface area contributed by atoms with Gasteiger partial charge in [-0.15, -0.1) is 15.3 Å². The van der Waals surface area contributed by atoms with Gasteiger partial charge in [0.05, 0.1) is 19.5 Å². The number of nitrogens with one attached hydrogen (secondary N) is 1. The number of hydrogen-bond donors (Lipinski definition) is 1. The molecule has 0 radical (unpaired) electrons. The van der Waals surface area contributed by atoms with Gasteiger partial charge in [-0.05, 0) is 24.3 Å². The van der Waals surface area contributed by atoms with Gasteiger partial charge in [0.25, 0.3) is 0 Å². The summed E-state index contributed by atoms with van der Waals surface area (Å²) in [6, 6.07) is 8.44. The average molecular weight is 339 g/mol. The Morgan fingerprint density at radius 2 is 2.12 bits per heavy atom. The zero-order valence-electron chi connectivity index (χ0n) is 13.3. The van der Waals surface area contributed by atoms with E-state index >= 15 is 0 Å². The van der Waals surface area contributed by atoms with E-state index in [0.29, 0.717) is 22.8 Å². The lowest BCUT2D eigenvalue weighted by molar-refractivity contribution is 0.405. The van der Waals surface area contributed by atoms with Crippen molar-refractivity contribution in [2.24, 2.45) is 0 Å². The van der Waals surface area contributed by atoms with Crippen LogP contribution >= 0.6 is 0 Å². The summed E-state index contributed by atoms with van der Waals surface area (Å²) in [5.74, 6) is 0.881. The third-order valence-corrected chi connectivity index (χ3v) is 3.85. The standard InChI is InChI=1S/C16H14FN7O/c1-25-14-4-2-3-12(17)11(14)9-18-15-6-5-13(24-8-7-19-22-24)16-21-20-10-23(15)16/h2-8,10,18H,9H2,1H3. The van der Waals surface area contributed by atoms with Gasteiger partial charge in [0.15, 0.2) is 5.65 Å². The third-order valence-electron chi connectivity index (χ3n) is 3.85. The molecule has 0 aliphatic rings. The summed E-state index contributed by atoms with van der Waals surface area (Å²) in [6.07, 6.45) is 4.89. The molecular formula is C16H14FN7O. The summed E-state index contributed by atoms with van der Waals surface area (Å²) in [5, 5.41) is 19.0. The van der Waals surface area contributed by atoms with Crippen molar-refractivity contribution in [2.45, 2.75) is 6.54 Å². The predicted octanol–water partition coefficient (Wildman–Crippen LogP) is 2.07. The molecule has 8 nitrogen and oxygen atoms in total. The fourth-order valence-corrected chi connectivity index (χ4v) is 2.64. The number of benzene rings is 1. The number of rotatable bonds is 5. The second kappa shape index (κ2) is 6.19. The molecule has 0 saturated carbocycles. The largest absolute Gasteiger partial charge is 0.496 e. The lowest BCUT2D eigenvalue weighted by Crippen LogP contribution is -2.08. The Morgan fingerprint density at radius 3 is 2.92 bits per heavy atom. The second-order valence-electron chi connectivity index (χ2n) is 5.25. The molecule has 9 heteroatoms. The molecule has 0 unspecified atom stereocenters. The van der Waals surface area contributed by atoms with Gasteiger partial charge < -0.3 is 10.1 Å². The van der Waals surface area contributed by atoms with E-state index < -0.39 is 0 Å². The Kier molecular flexibility index (Phi) is 3.73. The average Bonchev–Trinajstić information content (AvgIpc) is 3.32.